The predicted octanol–water partition coefficient (Wildman–Crippen LogP) is 0.925. The Labute approximate surface area is 135 Å². The molecule has 0 radical (unpaired) electrons. The summed E-state index contributed by atoms with van der Waals surface area (Å²) in [4.78, 5) is 13.0. The summed E-state index contributed by atoms with van der Waals surface area (Å²) in [5.41, 5.74) is 7.45. The van der Waals surface area contributed by atoms with Crippen molar-refractivity contribution in [1.82, 2.24) is 25.5 Å². The maximum Gasteiger partial charge on any atom is 0.243 e. The fraction of sp³-hybridized carbons (Fsp3) is 0.429. The van der Waals surface area contributed by atoms with Crippen LogP contribution in [0, 0.1) is 6.92 Å². The number of carbonyl (C=O) groups is 1. The summed E-state index contributed by atoms with van der Waals surface area (Å²) in [7, 11) is 0. The van der Waals surface area contributed by atoms with Crippen molar-refractivity contribution in [3.05, 3.63) is 29.8 Å². The molecule has 1 aromatic carbocycles. The number of halogens is 1. The second kappa shape index (κ2) is 9.11. The molecule has 3 N–H and O–H groups in total. The molecule has 0 aliphatic carbocycles. The van der Waals surface area contributed by atoms with Crippen LogP contribution in [0.3, 0.4) is 0 Å². The van der Waals surface area contributed by atoms with E-state index in [2.05, 4.69) is 20.7 Å². The van der Waals surface area contributed by atoms with Crippen molar-refractivity contribution in [3.8, 4) is 11.4 Å². The Kier molecular flexibility index (Phi) is 7.48. The van der Waals surface area contributed by atoms with Crippen LogP contribution in [-0.2, 0) is 11.3 Å². The van der Waals surface area contributed by atoms with Gasteiger partial charge in [0.25, 0.3) is 0 Å². The van der Waals surface area contributed by atoms with Gasteiger partial charge in [-0.25, -0.2) is 0 Å². The van der Waals surface area contributed by atoms with Gasteiger partial charge in [0.15, 0.2) is 0 Å². The zero-order valence-corrected chi connectivity index (χ0v) is 13.3. The SMILES string of the molecule is Cc1ccc(-c2nnn(CC(=O)NCCCCN)n2)cc1.Cl. The van der Waals surface area contributed by atoms with Gasteiger partial charge in [0.1, 0.15) is 6.54 Å². The quantitative estimate of drug-likeness (QED) is 0.738. The molecule has 0 saturated carbocycles. The van der Waals surface area contributed by atoms with Gasteiger partial charge in [0.05, 0.1) is 0 Å². The number of aromatic nitrogens is 4. The van der Waals surface area contributed by atoms with Gasteiger partial charge in [-0.1, -0.05) is 29.8 Å². The highest BCUT2D eigenvalue weighted by atomic mass is 35.5. The molecule has 7 nitrogen and oxygen atoms in total. The lowest BCUT2D eigenvalue weighted by molar-refractivity contribution is -0.122. The second-order valence-electron chi connectivity index (χ2n) is 4.86. The number of hydrogen-bond acceptors (Lipinski definition) is 5. The molecule has 0 saturated heterocycles. The van der Waals surface area contributed by atoms with Crippen LogP contribution >= 0.6 is 12.4 Å². The number of carbonyl (C=O) groups excluding carboxylic acids is 1. The van der Waals surface area contributed by atoms with Crippen LogP contribution in [-0.4, -0.2) is 39.2 Å². The van der Waals surface area contributed by atoms with Crippen LogP contribution < -0.4 is 11.1 Å². The molecule has 0 spiro atoms. The topological polar surface area (TPSA) is 98.7 Å². The van der Waals surface area contributed by atoms with E-state index in [1.54, 1.807) is 0 Å². The molecule has 22 heavy (non-hydrogen) atoms. The third-order valence-electron chi connectivity index (χ3n) is 3.00. The largest absolute Gasteiger partial charge is 0.354 e. The van der Waals surface area contributed by atoms with E-state index in [0.29, 0.717) is 18.9 Å². The molecule has 1 aromatic heterocycles. The summed E-state index contributed by atoms with van der Waals surface area (Å²) in [6.07, 6.45) is 1.78. The molecular formula is C14H21ClN6O. The van der Waals surface area contributed by atoms with Gasteiger partial charge in [-0.15, -0.1) is 22.6 Å². The average Bonchev–Trinajstić information content (AvgIpc) is 2.93. The summed E-state index contributed by atoms with van der Waals surface area (Å²) in [5.74, 6) is 0.394. The smallest absolute Gasteiger partial charge is 0.243 e. The third-order valence-corrected chi connectivity index (χ3v) is 3.00. The van der Waals surface area contributed by atoms with Gasteiger partial charge in [-0.3, -0.25) is 4.79 Å². The first kappa shape index (κ1) is 18.1. The van der Waals surface area contributed by atoms with Crippen LogP contribution in [0.1, 0.15) is 18.4 Å². The molecule has 0 aliphatic heterocycles. The maximum atomic E-state index is 11.7. The van der Waals surface area contributed by atoms with Crippen LogP contribution in [0.4, 0.5) is 0 Å². The van der Waals surface area contributed by atoms with E-state index in [1.807, 2.05) is 31.2 Å². The molecule has 0 aliphatic rings. The van der Waals surface area contributed by atoms with Crippen LogP contribution in [0.5, 0.6) is 0 Å². The van der Waals surface area contributed by atoms with Crippen LogP contribution in [0.15, 0.2) is 24.3 Å². The number of nitrogens with two attached hydrogens (primary N) is 1. The van der Waals surface area contributed by atoms with Crippen molar-refractivity contribution in [3.63, 3.8) is 0 Å². The lowest BCUT2D eigenvalue weighted by Gasteiger charge is -2.03. The average molecular weight is 325 g/mol. The molecule has 0 bridgehead atoms. The predicted molar refractivity (Wildman–Crippen MR) is 86.5 cm³/mol. The van der Waals surface area contributed by atoms with Gasteiger partial charge in [-0.2, -0.15) is 4.80 Å². The normalized spacial score (nSPS) is 10.1. The number of nitrogens with zero attached hydrogens (tertiary/aromatic N) is 4. The Balaban J connectivity index is 0.00000242. The molecule has 0 atom stereocenters. The number of hydrogen-bond donors (Lipinski definition) is 2. The first-order valence-electron chi connectivity index (χ1n) is 7.00. The highest BCUT2D eigenvalue weighted by molar-refractivity contribution is 5.85. The lowest BCUT2D eigenvalue weighted by Crippen LogP contribution is -2.29. The van der Waals surface area contributed by atoms with Gasteiger partial charge in [-0.05, 0) is 31.5 Å². The van der Waals surface area contributed by atoms with Gasteiger partial charge in [0.2, 0.25) is 11.7 Å². The first-order chi connectivity index (χ1) is 10.2. The highest BCUT2D eigenvalue weighted by Crippen LogP contribution is 2.13. The van der Waals surface area contributed by atoms with Gasteiger partial charge in [0, 0.05) is 12.1 Å². The first-order valence-corrected chi connectivity index (χ1v) is 7.00. The van der Waals surface area contributed by atoms with Crippen molar-refractivity contribution in [1.29, 1.82) is 0 Å². The molecule has 1 heterocycles. The molecule has 0 fully saturated rings. The monoisotopic (exact) mass is 324 g/mol. The summed E-state index contributed by atoms with van der Waals surface area (Å²) in [5, 5.41) is 14.9. The molecule has 2 aromatic rings. The number of nitrogens with one attached hydrogen (secondary N) is 1. The van der Waals surface area contributed by atoms with Gasteiger partial charge >= 0.3 is 0 Å². The number of tetrazole rings is 1. The highest BCUT2D eigenvalue weighted by Gasteiger charge is 2.08. The Bertz CT molecular complexity index is 583. The second-order valence-corrected chi connectivity index (χ2v) is 4.86. The van der Waals surface area contributed by atoms with Crippen molar-refractivity contribution in [2.45, 2.75) is 26.3 Å². The number of amides is 1. The summed E-state index contributed by atoms with van der Waals surface area (Å²) < 4.78 is 0. The van der Waals surface area contributed by atoms with Crippen molar-refractivity contribution in [2.24, 2.45) is 5.73 Å². The van der Waals surface area contributed by atoms with Crippen LogP contribution in [0.2, 0.25) is 0 Å². The summed E-state index contributed by atoms with van der Waals surface area (Å²) in [6, 6.07) is 7.84. The molecular weight excluding hydrogens is 304 g/mol. The maximum absolute atomic E-state index is 11.7. The minimum absolute atomic E-state index is 0. The molecule has 8 heteroatoms. The fourth-order valence-corrected chi connectivity index (χ4v) is 1.81. The van der Waals surface area contributed by atoms with E-state index < -0.39 is 0 Å². The number of unbranched alkanes of at least 4 members (excludes halogenated alkanes) is 1. The Morgan fingerprint density at radius 2 is 2.00 bits per heavy atom. The van der Waals surface area contributed by atoms with E-state index in [-0.39, 0.29) is 24.9 Å². The van der Waals surface area contributed by atoms with E-state index >= 15 is 0 Å². The van der Waals surface area contributed by atoms with E-state index in [0.717, 1.165) is 18.4 Å². The van der Waals surface area contributed by atoms with E-state index in [4.69, 9.17) is 5.73 Å². The molecule has 0 unspecified atom stereocenters. The fourth-order valence-electron chi connectivity index (χ4n) is 1.81. The minimum atomic E-state index is -0.125. The number of rotatable bonds is 7. The molecule has 2 rings (SSSR count). The minimum Gasteiger partial charge on any atom is -0.354 e. The lowest BCUT2D eigenvalue weighted by atomic mass is 10.1. The third kappa shape index (κ3) is 5.42. The Morgan fingerprint density at radius 3 is 2.68 bits per heavy atom. The Hall–Kier alpha value is -1.99. The summed E-state index contributed by atoms with van der Waals surface area (Å²) >= 11 is 0. The van der Waals surface area contributed by atoms with Gasteiger partial charge < -0.3 is 11.1 Å². The Morgan fingerprint density at radius 1 is 1.27 bits per heavy atom. The standard InChI is InChI=1S/C14H20N6O.ClH/c1-11-4-6-12(7-5-11)14-17-19-20(18-14)10-13(21)16-9-3-2-8-15;/h4-7H,2-3,8-10,15H2,1H3,(H,16,21);1H. The van der Waals surface area contributed by atoms with E-state index in [9.17, 15) is 4.79 Å². The number of benzene rings is 1. The number of aryl methyl sites for hydroxylation is 1. The zero-order chi connectivity index (χ0) is 15.1. The van der Waals surface area contributed by atoms with Crippen LogP contribution in [0.25, 0.3) is 11.4 Å². The summed E-state index contributed by atoms with van der Waals surface area (Å²) in [6.45, 7) is 3.35. The molecule has 1 amide bonds. The van der Waals surface area contributed by atoms with Crippen molar-refractivity contribution < 1.29 is 4.79 Å². The van der Waals surface area contributed by atoms with Crippen molar-refractivity contribution in [2.75, 3.05) is 13.1 Å². The van der Waals surface area contributed by atoms with E-state index in [1.165, 1.54) is 10.4 Å². The zero-order valence-electron chi connectivity index (χ0n) is 12.5. The van der Waals surface area contributed by atoms with Crippen molar-refractivity contribution >= 4 is 18.3 Å². The molecule has 120 valence electrons.